The number of rotatable bonds is 3. The highest BCUT2D eigenvalue weighted by molar-refractivity contribution is 6.04. The second kappa shape index (κ2) is 5.53. The lowest BCUT2D eigenvalue weighted by molar-refractivity contribution is 0.0939. The van der Waals surface area contributed by atoms with E-state index in [2.05, 4.69) is 18.9 Å². The largest absolute Gasteiger partial charge is 0.294 e. The van der Waals surface area contributed by atoms with Crippen LogP contribution in [0.1, 0.15) is 49.7 Å². The molecular formula is C14H19ClN2O. The Kier molecular flexibility index (Phi) is 4.52. The fraction of sp³-hybridized carbons (Fsp3) is 0.429. The molecule has 98 valence electrons. The van der Waals surface area contributed by atoms with Crippen LogP contribution in [0.4, 0.5) is 0 Å². The first kappa shape index (κ1) is 14.7. The summed E-state index contributed by atoms with van der Waals surface area (Å²) >= 11 is 0. The predicted octanol–water partition coefficient (Wildman–Crippen LogP) is 3.72. The molecule has 0 bridgehead atoms. The molecule has 0 fully saturated rings. The lowest BCUT2D eigenvalue weighted by atomic mass is 9.95. The van der Waals surface area contributed by atoms with Crippen LogP contribution in [-0.4, -0.2) is 15.4 Å². The Morgan fingerprint density at radius 1 is 1.22 bits per heavy atom. The van der Waals surface area contributed by atoms with Gasteiger partial charge in [-0.15, -0.1) is 12.4 Å². The van der Waals surface area contributed by atoms with Crippen molar-refractivity contribution in [2.45, 2.75) is 33.6 Å². The van der Waals surface area contributed by atoms with Gasteiger partial charge in [0, 0.05) is 12.1 Å². The Balaban J connectivity index is 0.00000162. The zero-order valence-corrected chi connectivity index (χ0v) is 12.0. The molecule has 0 saturated carbocycles. The quantitative estimate of drug-likeness (QED) is 0.794. The Bertz CT molecular complexity index is 558. The van der Waals surface area contributed by atoms with Gasteiger partial charge in [-0.1, -0.05) is 33.8 Å². The number of Topliss-reactive ketones (excluding diaryl/α,β-unsaturated/α-hetero) is 1. The van der Waals surface area contributed by atoms with Gasteiger partial charge in [0.25, 0.3) is 0 Å². The monoisotopic (exact) mass is 266 g/mol. The van der Waals surface area contributed by atoms with E-state index in [0.717, 1.165) is 16.8 Å². The maximum absolute atomic E-state index is 12.3. The summed E-state index contributed by atoms with van der Waals surface area (Å²) in [4.78, 5) is 12.3. The summed E-state index contributed by atoms with van der Waals surface area (Å²) < 4.78 is 1.80. The van der Waals surface area contributed by atoms with Gasteiger partial charge in [-0.2, -0.15) is 5.10 Å². The summed E-state index contributed by atoms with van der Waals surface area (Å²) in [5.74, 6) is 0.434. The Labute approximate surface area is 114 Å². The predicted molar refractivity (Wildman–Crippen MR) is 75.7 cm³/mol. The number of halogens is 1. The summed E-state index contributed by atoms with van der Waals surface area (Å²) in [6.07, 6.45) is 1.89. The molecule has 2 aromatic rings. The maximum atomic E-state index is 12.3. The van der Waals surface area contributed by atoms with E-state index in [1.807, 2.05) is 38.2 Å². The van der Waals surface area contributed by atoms with Crippen LogP contribution in [0.2, 0.25) is 0 Å². The van der Waals surface area contributed by atoms with Crippen LogP contribution in [-0.2, 0) is 0 Å². The highest BCUT2D eigenvalue weighted by Crippen LogP contribution is 2.25. The van der Waals surface area contributed by atoms with E-state index in [-0.39, 0.29) is 30.0 Å². The number of hydrogen-bond acceptors (Lipinski definition) is 2. The van der Waals surface area contributed by atoms with Crippen LogP contribution in [0, 0.1) is 5.92 Å². The number of ketones is 1. The van der Waals surface area contributed by atoms with Gasteiger partial charge < -0.3 is 0 Å². The van der Waals surface area contributed by atoms with Crippen LogP contribution in [0.25, 0.3) is 5.52 Å². The fourth-order valence-corrected chi connectivity index (χ4v) is 1.96. The number of fused-ring (bicyclic) bond motifs is 1. The standard InChI is InChI=1S/C14H18N2O.ClH/c1-9(2)13-12(14(17)10(3)4)11-7-5-6-8-16(11)15-13;/h5-10H,1-4H3;1H. The molecular weight excluding hydrogens is 248 g/mol. The van der Waals surface area contributed by atoms with Crippen molar-refractivity contribution < 1.29 is 4.79 Å². The number of nitrogens with zero attached hydrogens (tertiary/aromatic N) is 2. The van der Waals surface area contributed by atoms with Gasteiger partial charge in [0.1, 0.15) is 0 Å². The van der Waals surface area contributed by atoms with E-state index in [1.165, 1.54) is 0 Å². The normalized spacial score (nSPS) is 11.0. The van der Waals surface area contributed by atoms with E-state index in [1.54, 1.807) is 4.52 Å². The SMILES string of the molecule is CC(C)C(=O)c1c(C(C)C)nn2ccccc12.Cl. The smallest absolute Gasteiger partial charge is 0.169 e. The Morgan fingerprint density at radius 2 is 1.89 bits per heavy atom. The zero-order chi connectivity index (χ0) is 12.6. The molecule has 0 aliphatic rings. The number of carbonyl (C=O) groups excluding carboxylic acids is 1. The van der Waals surface area contributed by atoms with Crippen LogP contribution in [0.15, 0.2) is 24.4 Å². The molecule has 4 heteroatoms. The summed E-state index contributed by atoms with van der Waals surface area (Å²) in [5, 5.41) is 4.51. The number of aromatic nitrogens is 2. The molecule has 0 saturated heterocycles. The van der Waals surface area contributed by atoms with Crippen molar-refractivity contribution in [1.29, 1.82) is 0 Å². The number of carbonyl (C=O) groups is 1. The van der Waals surface area contributed by atoms with Crippen molar-refractivity contribution in [3.63, 3.8) is 0 Å². The molecule has 0 amide bonds. The molecule has 0 unspecified atom stereocenters. The molecule has 0 spiro atoms. The minimum Gasteiger partial charge on any atom is -0.294 e. The Hall–Kier alpha value is -1.35. The lowest BCUT2D eigenvalue weighted by Gasteiger charge is -2.07. The maximum Gasteiger partial charge on any atom is 0.169 e. The molecule has 18 heavy (non-hydrogen) atoms. The third-order valence-corrected chi connectivity index (χ3v) is 2.88. The van der Waals surface area contributed by atoms with Crippen molar-refractivity contribution in [3.8, 4) is 0 Å². The van der Waals surface area contributed by atoms with E-state index in [9.17, 15) is 4.79 Å². The van der Waals surface area contributed by atoms with Crippen molar-refractivity contribution >= 4 is 23.7 Å². The second-order valence-electron chi connectivity index (χ2n) is 4.96. The van der Waals surface area contributed by atoms with Crippen molar-refractivity contribution in [2.75, 3.05) is 0 Å². The third kappa shape index (κ3) is 2.41. The molecule has 0 atom stereocenters. The van der Waals surface area contributed by atoms with E-state index in [0.29, 0.717) is 0 Å². The second-order valence-corrected chi connectivity index (χ2v) is 4.96. The number of pyridine rings is 1. The van der Waals surface area contributed by atoms with Gasteiger partial charge in [-0.25, -0.2) is 4.52 Å². The average molecular weight is 267 g/mol. The summed E-state index contributed by atoms with van der Waals surface area (Å²) in [6.45, 7) is 8.00. The minimum absolute atomic E-state index is 0. The lowest BCUT2D eigenvalue weighted by Crippen LogP contribution is -2.10. The fourth-order valence-electron chi connectivity index (χ4n) is 1.96. The molecule has 2 heterocycles. The molecule has 0 radical (unpaired) electrons. The first-order valence-corrected chi connectivity index (χ1v) is 6.03. The highest BCUT2D eigenvalue weighted by Gasteiger charge is 2.22. The average Bonchev–Trinajstić information content (AvgIpc) is 2.67. The summed E-state index contributed by atoms with van der Waals surface area (Å²) in [6, 6.07) is 5.82. The van der Waals surface area contributed by atoms with Crippen LogP contribution in [0.5, 0.6) is 0 Å². The first-order valence-electron chi connectivity index (χ1n) is 6.03. The van der Waals surface area contributed by atoms with E-state index >= 15 is 0 Å². The number of hydrogen-bond donors (Lipinski definition) is 0. The van der Waals surface area contributed by atoms with Gasteiger partial charge in [-0.05, 0) is 18.1 Å². The van der Waals surface area contributed by atoms with Gasteiger partial charge >= 0.3 is 0 Å². The molecule has 2 rings (SSSR count). The van der Waals surface area contributed by atoms with Crippen molar-refractivity contribution in [1.82, 2.24) is 9.61 Å². The van der Waals surface area contributed by atoms with Crippen LogP contribution >= 0.6 is 12.4 Å². The van der Waals surface area contributed by atoms with E-state index < -0.39 is 0 Å². The van der Waals surface area contributed by atoms with Crippen LogP contribution < -0.4 is 0 Å². The summed E-state index contributed by atoms with van der Waals surface area (Å²) in [5.41, 5.74) is 2.60. The Morgan fingerprint density at radius 3 is 2.44 bits per heavy atom. The highest BCUT2D eigenvalue weighted by atomic mass is 35.5. The van der Waals surface area contributed by atoms with Gasteiger partial charge in [-0.3, -0.25) is 4.79 Å². The first-order chi connectivity index (χ1) is 8.02. The van der Waals surface area contributed by atoms with Crippen LogP contribution in [0.3, 0.4) is 0 Å². The van der Waals surface area contributed by atoms with Gasteiger partial charge in [0.15, 0.2) is 5.78 Å². The molecule has 0 aliphatic carbocycles. The molecule has 0 N–H and O–H groups in total. The minimum atomic E-state index is 0. The van der Waals surface area contributed by atoms with Gasteiger partial charge in [0.2, 0.25) is 0 Å². The van der Waals surface area contributed by atoms with E-state index in [4.69, 9.17) is 0 Å². The molecule has 0 aliphatic heterocycles. The molecule has 0 aromatic carbocycles. The molecule has 2 aromatic heterocycles. The topological polar surface area (TPSA) is 34.4 Å². The summed E-state index contributed by atoms with van der Waals surface area (Å²) in [7, 11) is 0. The van der Waals surface area contributed by atoms with Crippen molar-refractivity contribution in [3.05, 3.63) is 35.7 Å². The van der Waals surface area contributed by atoms with Gasteiger partial charge in [0.05, 0.1) is 16.8 Å². The zero-order valence-electron chi connectivity index (χ0n) is 11.2. The van der Waals surface area contributed by atoms with Crippen molar-refractivity contribution in [2.24, 2.45) is 5.92 Å². The third-order valence-electron chi connectivity index (χ3n) is 2.88. The molecule has 3 nitrogen and oxygen atoms in total.